The number of rotatable bonds is 5. The molecule has 1 aliphatic rings. The molecular weight excluding hydrogens is 417 g/mol. The first-order valence-corrected chi connectivity index (χ1v) is 11.0. The van der Waals surface area contributed by atoms with Gasteiger partial charge in [-0.05, 0) is 55.7 Å². The second-order valence-electron chi connectivity index (χ2n) is 7.43. The normalized spacial score (nSPS) is 17.0. The smallest absolute Gasteiger partial charge is 0.243 e. The van der Waals surface area contributed by atoms with E-state index in [1.807, 2.05) is 6.92 Å². The van der Waals surface area contributed by atoms with Crippen LogP contribution < -0.4 is 0 Å². The van der Waals surface area contributed by atoms with Crippen molar-refractivity contribution in [2.24, 2.45) is 5.92 Å². The van der Waals surface area contributed by atoms with E-state index in [0.717, 1.165) is 17.7 Å². The molecule has 1 atom stereocenters. The van der Waals surface area contributed by atoms with Gasteiger partial charge >= 0.3 is 0 Å². The first kappa shape index (κ1) is 22.3. The fourth-order valence-electron chi connectivity index (χ4n) is 3.57. The zero-order valence-electron chi connectivity index (χ0n) is 16.7. The maximum Gasteiger partial charge on any atom is 0.243 e. The molecule has 1 amide bonds. The van der Waals surface area contributed by atoms with Crippen LogP contribution in [0.25, 0.3) is 0 Å². The number of hydrogen-bond donors (Lipinski definition) is 0. The molecule has 1 saturated heterocycles. The topological polar surface area (TPSA) is 57.7 Å². The van der Waals surface area contributed by atoms with Crippen molar-refractivity contribution < 1.29 is 26.4 Å². The standard InChI is InChI=1S/C21H23F3N2O3S/c1-14(15-3-5-17(22)6-4-15)25(2)21(27)16-9-11-26(12-10-16)30(28,29)18-7-8-19(23)20(24)13-18/h3-8,13-14,16H,9-12H2,1-2H3. The van der Waals surface area contributed by atoms with Crippen LogP contribution in [0, 0.1) is 23.4 Å². The van der Waals surface area contributed by atoms with Crippen molar-refractivity contribution in [2.75, 3.05) is 20.1 Å². The lowest BCUT2D eigenvalue weighted by molar-refractivity contribution is -0.137. The Morgan fingerprint density at radius 2 is 1.63 bits per heavy atom. The van der Waals surface area contributed by atoms with Gasteiger partial charge in [-0.25, -0.2) is 21.6 Å². The molecule has 1 unspecified atom stereocenters. The Kier molecular flexibility index (Phi) is 6.52. The molecule has 1 fully saturated rings. The summed E-state index contributed by atoms with van der Waals surface area (Å²) in [6.07, 6.45) is 0.643. The summed E-state index contributed by atoms with van der Waals surface area (Å²) in [6, 6.07) is 8.15. The van der Waals surface area contributed by atoms with Crippen molar-refractivity contribution in [2.45, 2.75) is 30.7 Å². The summed E-state index contributed by atoms with van der Waals surface area (Å²) in [5, 5.41) is 0. The maximum absolute atomic E-state index is 13.4. The van der Waals surface area contributed by atoms with Crippen LogP contribution >= 0.6 is 0 Å². The van der Waals surface area contributed by atoms with Crippen LogP contribution in [0.5, 0.6) is 0 Å². The van der Waals surface area contributed by atoms with E-state index in [1.54, 1.807) is 24.1 Å². The quantitative estimate of drug-likeness (QED) is 0.712. The highest BCUT2D eigenvalue weighted by molar-refractivity contribution is 7.89. The molecule has 162 valence electrons. The molecule has 0 bridgehead atoms. The molecule has 2 aromatic rings. The first-order valence-electron chi connectivity index (χ1n) is 9.58. The zero-order valence-corrected chi connectivity index (χ0v) is 17.5. The summed E-state index contributed by atoms with van der Waals surface area (Å²) < 4.78 is 66.2. The molecule has 1 heterocycles. The average Bonchev–Trinajstić information content (AvgIpc) is 2.74. The van der Waals surface area contributed by atoms with E-state index in [9.17, 15) is 26.4 Å². The lowest BCUT2D eigenvalue weighted by atomic mass is 9.95. The third-order valence-corrected chi connectivity index (χ3v) is 7.51. The highest BCUT2D eigenvalue weighted by Gasteiger charge is 2.34. The van der Waals surface area contributed by atoms with Gasteiger partial charge in [0.15, 0.2) is 11.6 Å². The van der Waals surface area contributed by atoms with Gasteiger partial charge in [0, 0.05) is 26.1 Å². The van der Waals surface area contributed by atoms with Crippen molar-refractivity contribution in [3.63, 3.8) is 0 Å². The summed E-state index contributed by atoms with van der Waals surface area (Å²) in [4.78, 5) is 14.1. The molecule has 0 aliphatic carbocycles. The van der Waals surface area contributed by atoms with E-state index in [4.69, 9.17) is 0 Å². The third kappa shape index (κ3) is 4.52. The zero-order chi connectivity index (χ0) is 22.1. The summed E-state index contributed by atoms with van der Waals surface area (Å²) in [6.45, 7) is 2.06. The van der Waals surface area contributed by atoms with Gasteiger partial charge < -0.3 is 4.90 Å². The van der Waals surface area contributed by atoms with E-state index >= 15 is 0 Å². The highest BCUT2D eigenvalue weighted by Crippen LogP contribution is 2.28. The van der Waals surface area contributed by atoms with Gasteiger partial charge in [-0.3, -0.25) is 4.79 Å². The minimum absolute atomic E-state index is 0.108. The number of sulfonamides is 1. The van der Waals surface area contributed by atoms with Gasteiger partial charge in [-0.15, -0.1) is 0 Å². The van der Waals surface area contributed by atoms with Crippen molar-refractivity contribution in [1.82, 2.24) is 9.21 Å². The number of piperidine rings is 1. The van der Waals surface area contributed by atoms with Gasteiger partial charge in [0.05, 0.1) is 10.9 Å². The van der Waals surface area contributed by atoms with Crippen molar-refractivity contribution >= 4 is 15.9 Å². The fourth-order valence-corrected chi connectivity index (χ4v) is 5.06. The largest absolute Gasteiger partial charge is 0.339 e. The Morgan fingerprint density at radius 3 is 2.20 bits per heavy atom. The van der Waals surface area contributed by atoms with Gasteiger partial charge in [-0.2, -0.15) is 4.31 Å². The van der Waals surface area contributed by atoms with E-state index in [-0.39, 0.29) is 41.7 Å². The Hall–Kier alpha value is -2.39. The van der Waals surface area contributed by atoms with E-state index in [0.29, 0.717) is 18.9 Å². The van der Waals surface area contributed by atoms with Crippen LogP contribution in [0.4, 0.5) is 13.2 Å². The molecule has 0 saturated carbocycles. The molecule has 2 aromatic carbocycles. The fraction of sp³-hybridized carbons (Fsp3) is 0.381. The van der Waals surface area contributed by atoms with Crippen LogP contribution in [0.15, 0.2) is 47.4 Å². The number of benzene rings is 2. The van der Waals surface area contributed by atoms with E-state index < -0.39 is 21.7 Å². The Morgan fingerprint density at radius 1 is 1.03 bits per heavy atom. The molecule has 1 aliphatic heterocycles. The predicted octanol–water partition coefficient (Wildman–Crippen LogP) is 3.72. The first-order chi connectivity index (χ1) is 14.1. The SMILES string of the molecule is CC(c1ccc(F)cc1)N(C)C(=O)C1CCN(S(=O)(=O)c2ccc(F)c(F)c2)CC1. The Bertz CT molecular complexity index is 1020. The van der Waals surface area contributed by atoms with Crippen LogP contribution in [0.3, 0.4) is 0 Å². The van der Waals surface area contributed by atoms with Gasteiger partial charge in [-0.1, -0.05) is 12.1 Å². The monoisotopic (exact) mass is 440 g/mol. The number of hydrogen-bond acceptors (Lipinski definition) is 3. The number of amides is 1. The number of carbonyl (C=O) groups excluding carboxylic acids is 1. The maximum atomic E-state index is 13.4. The van der Waals surface area contributed by atoms with E-state index in [2.05, 4.69) is 0 Å². The van der Waals surface area contributed by atoms with Crippen LogP contribution in [-0.4, -0.2) is 43.7 Å². The van der Waals surface area contributed by atoms with Gasteiger partial charge in [0.2, 0.25) is 15.9 Å². The third-order valence-electron chi connectivity index (χ3n) is 5.61. The Labute approximate surface area is 174 Å². The summed E-state index contributed by atoms with van der Waals surface area (Å²) in [7, 11) is -2.30. The summed E-state index contributed by atoms with van der Waals surface area (Å²) >= 11 is 0. The summed E-state index contributed by atoms with van der Waals surface area (Å²) in [5.41, 5.74) is 0.797. The lowest BCUT2D eigenvalue weighted by Crippen LogP contribution is -2.44. The van der Waals surface area contributed by atoms with Crippen LogP contribution in [0.2, 0.25) is 0 Å². The molecule has 0 aromatic heterocycles. The van der Waals surface area contributed by atoms with Crippen LogP contribution in [0.1, 0.15) is 31.4 Å². The predicted molar refractivity (Wildman–Crippen MR) is 105 cm³/mol. The van der Waals surface area contributed by atoms with Crippen molar-refractivity contribution in [1.29, 1.82) is 0 Å². The minimum atomic E-state index is -3.97. The number of halogens is 3. The van der Waals surface area contributed by atoms with Gasteiger partial charge in [0.25, 0.3) is 0 Å². The Balaban J connectivity index is 1.64. The average molecular weight is 440 g/mol. The molecule has 0 N–H and O–H groups in total. The molecule has 3 rings (SSSR count). The second-order valence-corrected chi connectivity index (χ2v) is 9.37. The number of nitrogens with zero attached hydrogens (tertiary/aromatic N) is 2. The summed E-state index contributed by atoms with van der Waals surface area (Å²) in [5.74, 6) is -3.16. The molecule has 30 heavy (non-hydrogen) atoms. The minimum Gasteiger partial charge on any atom is -0.339 e. The molecule has 9 heteroatoms. The second kappa shape index (κ2) is 8.77. The highest BCUT2D eigenvalue weighted by atomic mass is 32.2. The lowest BCUT2D eigenvalue weighted by Gasteiger charge is -2.34. The van der Waals surface area contributed by atoms with Crippen LogP contribution in [-0.2, 0) is 14.8 Å². The van der Waals surface area contributed by atoms with E-state index in [1.165, 1.54) is 16.4 Å². The molecule has 0 spiro atoms. The molecular formula is C21H23F3N2O3S. The van der Waals surface area contributed by atoms with Crippen molar-refractivity contribution in [3.05, 3.63) is 65.5 Å². The van der Waals surface area contributed by atoms with Gasteiger partial charge in [0.1, 0.15) is 5.82 Å². The molecule has 5 nitrogen and oxygen atoms in total. The van der Waals surface area contributed by atoms with Crippen molar-refractivity contribution in [3.8, 4) is 0 Å². The molecule has 0 radical (unpaired) electrons. The number of carbonyl (C=O) groups is 1.